The molecule has 0 unspecified atom stereocenters. The van der Waals surface area contributed by atoms with Crippen LogP contribution in [0.1, 0.15) is 11.1 Å². The first-order valence-corrected chi connectivity index (χ1v) is 13.4. The summed E-state index contributed by atoms with van der Waals surface area (Å²) in [5.74, 6) is -3.49. The maximum absolute atomic E-state index is 13.3. The third kappa shape index (κ3) is 11.0. The van der Waals surface area contributed by atoms with E-state index in [1.54, 1.807) is 12.4 Å². The van der Waals surface area contributed by atoms with Gasteiger partial charge in [0.05, 0.1) is 22.5 Å². The summed E-state index contributed by atoms with van der Waals surface area (Å²) < 4.78 is 126. The molecule has 4 aromatic heterocycles. The molecule has 0 atom stereocenters. The number of aromatic nitrogens is 4. The van der Waals surface area contributed by atoms with Crippen LogP contribution in [0.2, 0.25) is 0 Å². The first-order valence-electron chi connectivity index (χ1n) is 13.4. The average Bonchev–Trinajstić information content (AvgIpc) is 3.06. The molecule has 0 saturated carbocycles. The van der Waals surface area contributed by atoms with Crippen LogP contribution in [-0.2, 0) is 32.5 Å². The maximum Gasteiger partial charge on any atom is 3.00 e. The zero-order chi connectivity index (χ0) is 34.9. The molecule has 15 heteroatoms. The second kappa shape index (κ2) is 16.9. The van der Waals surface area contributed by atoms with Gasteiger partial charge in [-0.05, 0) is 35.7 Å². The summed E-state index contributed by atoms with van der Waals surface area (Å²) in [6.07, 6.45) is -4.29. The second-order valence-corrected chi connectivity index (χ2v) is 9.37. The largest absolute Gasteiger partial charge is 3.00 e. The van der Waals surface area contributed by atoms with E-state index in [4.69, 9.17) is 0 Å². The smallest absolute Gasteiger partial charge is 0.304 e. The molecule has 0 bridgehead atoms. The standard InChI is InChI=1S/2C12H5F5N.C10H8N2.Ir/c2*13-8-2-3-9(10(14)5-8)11-4-1-7(6-18-11)12(15,16)17;1-3-7-11-9(5-1)10-6-2-4-8-12-10;/h2*1-2,4-6H;1-8H;/q2*-1;;+3. The number of hydrogen-bond donors (Lipinski definition) is 0. The fourth-order valence-electron chi connectivity index (χ4n) is 3.73. The number of pyridine rings is 4. The van der Waals surface area contributed by atoms with Gasteiger partial charge < -0.3 is 9.97 Å². The van der Waals surface area contributed by atoms with E-state index in [2.05, 4.69) is 32.1 Å². The first kappa shape index (κ1) is 38.4. The number of benzene rings is 2. The van der Waals surface area contributed by atoms with Crippen LogP contribution in [0.15, 0.2) is 110 Å². The molecule has 0 saturated heterocycles. The van der Waals surface area contributed by atoms with Crippen molar-refractivity contribution in [1.82, 2.24) is 19.9 Å². The third-order valence-electron chi connectivity index (χ3n) is 6.00. The minimum atomic E-state index is -4.50. The number of hydrogen-bond acceptors (Lipinski definition) is 4. The van der Waals surface area contributed by atoms with Crippen molar-refractivity contribution in [3.05, 3.63) is 156 Å². The van der Waals surface area contributed by atoms with Gasteiger partial charge in [0.25, 0.3) is 0 Å². The van der Waals surface area contributed by atoms with Crippen LogP contribution < -0.4 is 0 Å². The Hall–Kier alpha value is -5.01. The van der Waals surface area contributed by atoms with Crippen molar-refractivity contribution in [2.75, 3.05) is 0 Å². The topological polar surface area (TPSA) is 51.6 Å². The molecule has 0 aliphatic rings. The van der Waals surface area contributed by atoms with Crippen LogP contribution in [0.4, 0.5) is 43.9 Å². The van der Waals surface area contributed by atoms with Gasteiger partial charge in [-0.25, -0.2) is 0 Å². The predicted molar refractivity (Wildman–Crippen MR) is 154 cm³/mol. The molecular formula is C34H18F10IrN4+. The summed E-state index contributed by atoms with van der Waals surface area (Å²) in [6.45, 7) is 0. The van der Waals surface area contributed by atoms with Crippen molar-refractivity contribution in [2.45, 2.75) is 12.4 Å². The number of nitrogens with zero attached hydrogens (tertiary/aromatic N) is 4. The Kier molecular flexibility index (Phi) is 13.2. The van der Waals surface area contributed by atoms with E-state index in [1.165, 1.54) is 0 Å². The fraction of sp³-hybridized carbons (Fsp3) is 0.0588. The summed E-state index contributed by atoms with van der Waals surface area (Å²) in [4.78, 5) is 15.4. The van der Waals surface area contributed by atoms with Crippen molar-refractivity contribution in [2.24, 2.45) is 0 Å². The van der Waals surface area contributed by atoms with Gasteiger partial charge >= 0.3 is 32.5 Å². The Morgan fingerprint density at radius 2 is 0.857 bits per heavy atom. The van der Waals surface area contributed by atoms with Gasteiger partial charge in [-0.15, -0.1) is 24.3 Å². The molecule has 0 N–H and O–H groups in total. The summed E-state index contributed by atoms with van der Waals surface area (Å²) in [7, 11) is 0. The molecule has 0 aliphatic carbocycles. The third-order valence-corrected chi connectivity index (χ3v) is 6.00. The van der Waals surface area contributed by atoms with E-state index < -0.39 is 46.7 Å². The number of halogens is 10. The summed E-state index contributed by atoms with van der Waals surface area (Å²) >= 11 is 0. The van der Waals surface area contributed by atoms with E-state index in [-0.39, 0.29) is 42.6 Å². The van der Waals surface area contributed by atoms with Crippen molar-refractivity contribution in [1.29, 1.82) is 0 Å². The second-order valence-electron chi connectivity index (χ2n) is 9.37. The van der Waals surface area contributed by atoms with Crippen LogP contribution >= 0.6 is 0 Å². The van der Waals surface area contributed by atoms with E-state index in [0.29, 0.717) is 24.5 Å². The molecule has 4 heterocycles. The Labute approximate surface area is 285 Å². The summed E-state index contributed by atoms with van der Waals surface area (Å²) in [5, 5.41) is 0. The normalized spacial score (nSPS) is 10.9. The van der Waals surface area contributed by atoms with Crippen LogP contribution in [0.25, 0.3) is 33.9 Å². The molecular weight excluding hydrogens is 847 g/mol. The molecule has 252 valence electrons. The van der Waals surface area contributed by atoms with Crippen molar-refractivity contribution >= 4 is 0 Å². The van der Waals surface area contributed by atoms with Crippen molar-refractivity contribution < 1.29 is 64.0 Å². The van der Waals surface area contributed by atoms with Gasteiger partial charge in [0.15, 0.2) is 0 Å². The van der Waals surface area contributed by atoms with E-state index in [9.17, 15) is 43.9 Å². The molecule has 49 heavy (non-hydrogen) atoms. The Morgan fingerprint density at radius 1 is 0.469 bits per heavy atom. The fourth-order valence-corrected chi connectivity index (χ4v) is 3.73. The molecule has 0 spiro atoms. The summed E-state index contributed by atoms with van der Waals surface area (Å²) in [6, 6.07) is 22.7. The van der Waals surface area contributed by atoms with Crippen LogP contribution in [-0.4, -0.2) is 19.9 Å². The van der Waals surface area contributed by atoms with Gasteiger partial charge in [-0.3, -0.25) is 27.5 Å². The van der Waals surface area contributed by atoms with Crippen molar-refractivity contribution in [3.63, 3.8) is 0 Å². The van der Waals surface area contributed by atoms with Crippen LogP contribution in [0, 0.1) is 35.4 Å². The minimum Gasteiger partial charge on any atom is -0.304 e. The SMILES string of the molecule is Fc1c[c-]c(-c2ccc(C(F)(F)F)cn2)c(F)c1.Fc1c[c-]c(-c2ccc(C(F)(F)F)cn2)c(F)c1.[Ir+3].c1ccc(-c2ccccn2)nc1. The number of alkyl halides is 6. The van der Waals surface area contributed by atoms with Crippen LogP contribution in [0.5, 0.6) is 0 Å². The zero-order valence-corrected chi connectivity index (χ0v) is 26.7. The molecule has 0 aliphatic heterocycles. The number of rotatable bonds is 3. The van der Waals surface area contributed by atoms with Gasteiger partial charge in [0.1, 0.15) is 0 Å². The molecule has 6 aromatic rings. The average molecular weight is 865 g/mol. The molecule has 0 radical (unpaired) electrons. The summed E-state index contributed by atoms with van der Waals surface area (Å²) in [5.41, 5.74) is -0.477. The van der Waals surface area contributed by atoms with Crippen molar-refractivity contribution in [3.8, 4) is 33.9 Å². The van der Waals surface area contributed by atoms with Gasteiger partial charge in [-0.1, -0.05) is 59.7 Å². The van der Waals surface area contributed by atoms with E-state index in [0.717, 1.165) is 47.8 Å². The quantitative estimate of drug-likeness (QED) is 0.131. The molecule has 6 rings (SSSR count). The molecule has 0 amide bonds. The molecule has 4 nitrogen and oxygen atoms in total. The van der Waals surface area contributed by atoms with Gasteiger partial charge in [-0.2, -0.15) is 26.3 Å². The Balaban J connectivity index is 0.000000201. The first-order chi connectivity index (χ1) is 22.7. The van der Waals surface area contributed by atoms with E-state index >= 15 is 0 Å². The Morgan fingerprint density at radius 3 is 1.12 bits per heavy atom. The monoisotopic (exact) mass is 865 g/mol. The van der Waals surface area contributed by atoms with E-state index in [1.807, 2.05) is 36.4 Å². The predicted octanol–water partition coefficient (Wildman–Crippen LogP) is 9.83. The zero-order valence-electron chi connectivity index (χ0n) is 24.3. The van der Waals surface area contributed by atoms with Gasteiger partial charge in [0, 0.05) is 48.1 Å². The molecule has 0 fully saturated rings. The molecule has 2 aromatic carbocycles. The van der Waals surface area contributed by atoms with Gasteiger partial charge in [0.2, 0.25) is 0 Å². The minimum absolute atomic E-state index is 0. The van der Waals surface area contributed by atoms with Crippen LogP contribution in [0.3, 0.4) is 0 Å². The maximum atomic E-state index is 13.3. The Bertz CT molecular complexity index is 1780.